The van der Waals surface area contributed by atoms with E-state index in [0.29, 0.717) is 0 Å². The van der Waals surface area contributed by atoms with Crippen LogP contribution in [0.25, 0.3) is 0 Å². The zero-order valence-corrected chi connectivity index (χ0v) is 13.8. The summed E-state index contributed by atoms with van der Waals surface area (Å²) in [4.78, 5) is 15.2. The van der Waals surface area contributed by atoms with E-state index in [0.717, 1.165) is 30.7 Å². The Morgan fingerprint density at radius 3 is 2.36 bits per heavy atom. The highest BCUT2D eigenvalue weighted by atomic mass is 16.5. The Morgan fingerprint density at radius 2 is 1.91 bits per heavy atom. The molecule has 1 saturated carbocycles. The van der Waals surface area contributed by atoms with Crippen molar-refractivity contribution >= 4 is 5.91 Å². The van der Waals surface area contributed by atoms with Gasteiger partial charge in [0.1, 0.15) is 5.75 Å². The van der Waals surface area contributed by atoms with E-state index < -0.39 is 5.41 Å². The van der Waals surface area contributed by atoms with E-state index in [2.05, 4.69) is 10.2 Å². The summed E-state index contributed by atoms with van der Waals surface area (Å²) < 4.78 is 5.19. The van der Waals surface area contributed by atoms with Crippen LogP contribution in [0.4, 0.5) is 0 Å². The van der Waals surface area contributed by atoms with E-state index in [-0.39, 0.29) is 11.4 Å². The first-order valence-electron chi connectivity index (χ1n) is 8.15. The van der Waals surface area contributed by atoms with Crippen LogP contribution >= 0.6 is 0 Å². The number of amides is 1. The highest BCUT2D eigenvalue weighted by Crippen LogP contribution is 2.38. The third kappa shape index (κ3) is 2.98. The van der Waals surface area contributed by atoms with Gasteiger partial charge in [-0.3, -0.25) is 4.79 Å². The normalized spacial score (nSPS) is 20.1. The van der Waals surface area contributed by atoms with Crippen LogP contribution in [0.2, 0.25) is 0 Å². The molecular formula is C18H26N2O2. The van der Waals surface area contributed by atoms with Crippen LogP contribution < -0.4 is 10.1 Å². The molecule has 1 saturated heterocycles. The molecule has 1 aliphatic carbocycles. The van der Waals surface area contributed by atoms with Gasteiger partial charge in [0.25, 0.3) is 0 Å². The number of benzene rings is 1. The fourth-order valence-corrected chi connectivity index (χ4v) is 2.98. The van der Waals surface area contributed by atoms with Crippen LogP contribution in [0.15, 0.2) is 24.3 Å². The molecule has 1 aliphatic heterocycles. The maximum absolute atomic E-state index is 12.8. The summed E-state index contributed by atoms with van der Waals surface area (Å²) in [7, 11) is 1.65. The van der Waals surface area contributed by atoms with Crippen LogP contribution in [0.5, 0.6) is 5.75 Å². The number of ether oxygens (including phenoxy) is 1. The predicted molar refractivity (Wildman–Crippen MR) is 87.2 cm³/mol. The summed E-state index contributed by atoms with van der Waals surface area (Å²) in [5.41, 5.74) is 0.517. The van der Waals surface area contributed by atoms with Gasteiger partial charge in [-0.15, -0.1) is 0 Å². The lowest BCUT2D eigenvalue weighted by Gasteiger charge is -2.36. The lowest BCUT2D eigenvalue weighted by atomic mass is 9.83. The number of rotatable bonds is 6. The number of hydrogen-bond donors (Lipinski definition) is 1. The van der Waals surface area contributed by atoms with Crippen molar-refractivity contribution in [1.82, 2.24) is 10.2 Å². The van der Waals surface area contributed by atoms with Gasteiger partial charge in [-0.25, -0.2) is 0 Å². The largest absolute Gasteiger partial charge is 0.497 e. The third-order valence-electron chi connectivity index (χ3n) is 5.09. The molecule has 22 heavy (non-hydrogen) atoms. The summed E-state index contributed by atoms with van der Waals surface area (Å²) in [5.74, 6) is 0.937. The Labute approximate surface area is 132 Å². The average Bonchev–Trinajstić information content (AvgIpc) is 3.23. The first-order chi connectivity index (χ1) is 10.5. The molecule has 2 aliphatic rings. The summed E-state index contributed by atoms with van der Waals surface area (Å²) >= 11 is 0. The number of nitrogens with zero attached hydrogens (tertiary/aromatic N) is 1. The van der Waals surface area contributed by atoms with Crippen molar-refractivity contribution in [2.45, 2.75) is 44.1 Å². The van der Waals surface area contributed by atoms with Gasteiger partial charge in [0.15, 0.2) is 0 Å². The number of likely N-dealkylation sites (tertiary alicyclic amines) is 1. The maximum Gasteiger partial charge on any atom is 0.230 e. The smallest absolute Gasteiger partial charge is 0.230 e. The van der Waals surface area contributed by atoms with E-state index in [1.165, 1.54) is 19.5 Å². The van der Waals surface area contributed by atoms with Gasteiger partial charge >= 0.3 is 0 Å². The Kier molecular flexibility index (Phi) is 3.89. The third-order valence-corrected chi connectivity index (χ3v) is 5.09. The second-order valence-electron chi connectivity index (χ2n) is 7.22. The lowest BCUT2D eigenvalue weighted by Crippen LogP contribution is -2.53. The van der Waals surface area contributed by atoms with Gasteiger partial charge in [0.2, 0.25) is 5.91 Å². The fraction of sp³-hybridized carbons (Fsp3) is 0.611. The molecule has 0 bridgehead atoms. The molecular weight excluding hydrogens is 276 g/mol. The van der Waals surface area contributed by atoms with Crippen LogP contribution in [0.1, 0.15) is 38.7 Å². The molecule has 0 atom stereocenters. The first kappa shape index (κ1) is 15.3. The molecule has 1 aromatic rings. The second-order valence-corrected chi connectivity index (χ2v) is 7.22. The van der Waals surface area contributed by atoms with E-state index in [1.807, 2.05) is 38.1 Å². The Morgan fingerprint density at radius 1 is 1.27 bits per heavy atom. The topological polar surface area (TPSA) is 41.6 Å². The monoisotopic (exact) mass is 302 g/mol. The summed E-state index contributed by atoms with van der Waals surface area (Å²) in [6.45, 7) is 7.35. The van der Waals surface area contributed by atoms with Crippen LogP contribution in [-0.2, 0) is 10.2 Å². The molecule has 3 rings (SSSR count). The molecule has 1 aromatic carbocycles. The quantitative estimate of drug-likeness (QED) is 0.877. The van der Waals surface area contributed by atoms with E-state index in [9.17, 15) is 4.79 Å². The number of carbonyl (C=O) groups is 1. The minimum atomic E-state index is -0.531. The van der Waals surface area contributed by atoms with Gasteiger partial charge in [-0.2, -0.15) is 0 Å². The van der Waals surface area contributed by atoms with Crippen LogP contribution in [0, 0.1) is 0 Å². The number of methoxy groups -OCH3 is 1. The molecule has 0 unspecified atom stereocenters. The highest BCUT2D eigenvalue weighted by molar-refractivity contribution is 5.88. The van der Waals surface area contributed by atoms with Crippen molar-refractivity contribution in [1.29, 1.82) is 0 Å². The SMILES string of the molecule is COc1ccc(C(C)(C)C(=O)NC2(CN3CCC3)CC2)cc1. The van der Waals surface area contributed by atoms with Gasteiger partial charge < -0.3 is 15.0 Å². The Hall–Kier alpha value is -1.55. The van der Waals surface area contributed by atoms with Crippen molar-refractivity contribution in [2.75, 3.05) is 26.7 Å². The van der Waals surface area contributed by atoms with Gasteiger partial charge in [0.05, 0.1) is 18.1 Å². The molecule has 120 valence electrons. The van der Waals surface area contributed by atoms with Crippen molar-refractivity contribution in [3.05, 3.63) is 29.8 Å². The molecule has 0 spiro atoms. The standard InChI is InChI=1S/C18H26N2O2/c1-17(2,14-5-7-15(22-3)8-6-14)16(21)19-18(9-10-18)13-20-11-4-12-20/h5-8H,4,9-13H2,1-3H3,(H,19,21). The average molecular weight is 302 g/mol. The minimum Gasteiger partial charge on any atom is -0.497 e. The van der Waals surface area contributed by atoms with Crippen molar-refractivity contribution in [3.63, 3.8) is 0 Å². The van der Waals surface area contributed by atoms with E-state index >= 15 is 0 Å². The lowest BCUT2D eigenvalue weighted by molar-refractivity contribution is -0.126. The fourth-order valence-electron chi connectivity index (χ4n) is 2.98. The number of carbonyl (C=O) groups excluding carboxylic acids is 1. The molecule has 0 radical (unpaired) electrons. The van der Waals surface area contributed by atoms with E-state index in [4.69, 9.17) is 4.74 Å². The molecule has 4 nitrogen and oxygen atoms in total. The minimum absolute atomic E-state index is 0.0290. The van der Waals surface area contributed by atoms with Crippen LogP contribution in [-0.4, -0.2) is 43.1 Å². The van der Waals surface area contributed by atoms with Crippen molar-refractivity contribution in [2.24, 2.45) is 0 Å². The molecule has 0 aromatic heterocycles. The molecule has 1 N–H and O–H groups in total. The highest BCUT2D eigenvalue weighted by Gasteiger charge is 2.48. The number of hydrogen-bond acceptors (Lipinski definition) is 3. The Bertz CT molecular complexity index is 543. The molecule has 1 amide bonds. The first-order valence-corrected chi connectivity index (χ1v) is 8.15. The summed E-state index contributed by atoms with van der Waals surface area (Å²) in [5, 5.41) is 3.32. The summed E-state index contributed by atoms with van der Waals surface area (Å²) in [6, 6.07) is 7.79. The molecule has 1 heterocycles. The van der Waals surface area contributed by atoms with Gasteiger partial charge in [0, 0.05) is 6.54 Å². The zero-order chi connectivity index (χ0) is 15.8. The van der Waals surface area contributed by atoms with Gasteiger partial charge in [-0.05, 0) is 63.9 Å². The Balaban J connectivity index is 1.66. The summed E-state index contributed by atoms with van der Waals surface area (Å²) in [6.07, 6.45) is 3.50. The number of nitrogens with one attached hydrogen (secondary N) is 1. The van der Waals surface area contributed by atoms with Crippen molar-refractivity contribution in [3.8, 4) is 5.75 Å². The van der Waals surface area contributed by atoms with Gasteiger partial charge in [-0.1, -0.05) is 12.1 Å². The van der Waals surface area contributed by atoms with Crippen LogP contribution in [0.3, 0.4) is 0 Å². The van der Waals surface area contributed by atoms with Crippen molar-refractivity contribution < 1.29 is 9.53 Å². The predicted octanol–water partition coefficient (Wildman–Crippen LogP) is 2.33. The molecule has 4 heteroatoms. The second kappa shape index (κ2) is 5.58. The zero-order valence-electron chi connectivity index (χ0n) is 13.8. The van der Waals surface area contributed by atoms with E-state index in [1.54, 1.807) is 7.11 Å². The molecule has 2 fully saturated rings. The maximum atomic E-state index is 12.8.